The summed E-state index contributed by atoms with van der Waals surface area (Å²) < 4.78 is 2.91. The van der Waals surface area contributed by atoms with Crippen LogP contribution in [0, 0.1) is 6.92 Å². The van der Waals surface area contributed by atoms with E-state index in [1.54, 1.807) is 0 Å². The second kappa shape index (κ2) is 6.27. The van der Waals surface area contributed by atoms with Gasteiger partial charge in [-0.25, -0.2) is 0 Å². The van der Waals surface area contributed by atoms with Crippen LogP contribution >= 0.6 is 59.4 Å². The fourth-order valence-corrected chi connectivity index (χ4v) is 3.36. The van der Waals surface area contributed by atoms with Gasteiger partial charge in [-0.15, -0.1) is 0 Å². The largest absolute Gasteiger partial charge is 0.320 e. The number of hydrogen-bond donors (Lipinski definition) is 1. The summed E-state index contributed by atoms with van der Waals surface area (Å²) in [6, 6.07) is 9.64. The van der Waals surface area contributed by atoms with Crippen LogP contribution in [-0.2, 0) is 0 Å². The lowest BCUT2D eigenvalue weighted by molar-refractivity contribution is 0.863. The maximum Gasteiger partial charge on any atom is 0.0563 e. The fraction of sp³-hybridized carbons (Fsp3) is 0.143. The van der Waals surface area contributed by atoms with Gasteiger partial charge < -0.3 is 5.73 Å². The maximum absolute atomic E-state index is 6.34. The van der Waals surface area contributed by atoms with Gasteiger partial charge in [-0.2, -0.15) is 0 Å². The van der Waals surface area contributed by atoms with Crippen LogP contribution in [0.2, 0.25) is 5.02 Å². The van der Waals surface area contributed by atoms with Crippen LogP contribution in [0.15, 0.2) is 43.7 Å². The lowest BCUT2D eigenvalue weighted by Gasteiger charge is -2.16. The van der Waals surface area contributed by atoms with Crippen LogP contribution in [0.4, 0.5) is 0 Å². The summed E-state index contributed by atoms with van der Waals surface area (Å²) in [5, 5.41) is 0.681. The van der Waals surface area contributed by atoms with Crippen molar-refractivity contribution in [3.8, 4) is 0 Å². The molecule has 2 aromatic rings. The highest BCUT2D eigenvalue weighted by Crippen LogP contribution is 2.33. The molecule has 0 aliphatic heterocycles. The van der Waals surface area contributed by atoms with Gasteiger partial charge in [0.25, 0.3) is 0 Å². The average molecular weight is 468 g/mol. The van der Waals surface area contributed by atoms with Crippen molar-refractivity contribution >= 4 is 59.4 Å². The molecule has 100 valence electrons. The highest BCUT2D eigenvalue weighted by Gasteiger charge is 2.15. The summed E-state index contributed by atoms with van der Waals surface area (Å²) in [5.74, 6) is 0. The van der Waals surface area contributed by atoms with E-state index in [-0.39, 0.29) is 6.04 Å². The maximum atomic E-state index is 6.34. The van der Waals surface area contributed by atoms with Crippen molar-refractivity contribution in [1.82, 2.24) is 0 Å². The zero-order valence-electron chi connectivity index (χ0n) is 10.1. The van der Waals surface area contributed by atoms with Crippen molar-refractivity contribution in [2.24, 2.45) is 5.73 Å². The molecule has 0 radical (unpaired) electrons. The van der Waals surface area contributed by atoms with Crippen molar-refractivity contribution in [2.45, 2.75) is 13.0 Å². The third kappa shape index (κ3) is 3.42. The highest BCUT2D eigenvalue weighted by molar-refractivity contribution is 9.11. The van der Waals surface area contributed by atoms with Crippen molar-refractivity contribution in [1.29, 1.82) is 0 Å². The first-order valence-corrected chi connectivity index (χ1v) is 8.32. The van der Waals surface area contributed by atoms with Gasteiger partial charge in [0.2, 0.25) is 0 Å². The molecule has 0 saturated carbocycles. The predicted molar refractivity (Wildman–Crippen MR) is 91.8 cm³/mol. The molecule has 2 N–H and O–H groups in total. The quantitative estimate of drug-likeness (QED) is 0.576. The Morgan fingerprint density at radius 2 is 1.68 bits per heavy atom. The van der Waals surface area contributed by atoms with Gasteiger partial charge in [0.1, 0.15) is 0 Å². The molecule has 0 bridgehead atoms. The topological polar surface area (TPSA) is 26.0 Å². The molecule has 1 nitrogen and oxygen atoms in total. The Balaban J connectivity index is 2.46. The Morgan fingerprint density at radius 3 is 2.32 bits per heavy atom. The molecule has 0 spiro atoms. The lowest BCUT2D eigenvalue weighted by atomic mass is 9.99. The summed E-state index contributed by atoms with van der Waals surface area (Å²) in [7, 11) is 0. The van der Waals surface area contributed by atoms with Crippen molar-refractivity contribution in [3.05, 3.63) is 65.5 Å². The second-order valence-corrected chi connectivity index (χ2v) is 7.24. The van der Waals surface area contributed by atoms with Crippen LogP contribution in [-0.4, -0.2) is 0 Å². The minimum Gasteiger partial charge on any atom is -0.320 e. The first-order chi connectivity index (χ1) is 8.90. The molecule has 0 fully saturated rings. The van der Waals surface area contributed by atoms with Crippen LogP contribution in [0.25, 0.3) is 0 Å². The van der Waals surface area contributed by atoms with Gasteiger partial charge in [-0.3, -0.25) is 0 Å². The van der Waals surface area contributed by atoms with Gasteiger partial charge in [0, 0.05) is 13.4 Å². The minimum absolute atomic E-state index is 0.208. The van der Waals surface area contributed by atoms with Gasteiger partial charge in [0.15, 0.2) is 0 Å². The van der Waals surface area contributed by atoms with Crippen LogP contribution in [0.1, 0.15) is 22.7 Å². The molecule has 0 aliphatic rings. The van der Waals surface area contributed by atoms with E-state index in [0.29, 0.717) is 5.02 Å². The van der Waals surface area contributed by atoms with Crippen molar-refractivity contribution < 1.29 is 0 Å². The molecule has 0 saturated heterocycles. The minimum atomic E-state index is -0.208. The molecule has 0 aromatic heterocycles. The number of rotatable bonds is 2. The number of halogens is 4. The van der Waals surface area contributed by atoms with E-state index in [2.05, 4.69) is 53.9 Å². The van der Waals surface area contributed by atoms with E-state index in [0.717, 1.165) is 24.5 Å². The van der Waals surface area contributed by atoms with Crippen LogP contribution in [0.3, 0.4) is 0 Å². The van der Waals surface area contributed by atoms with E-state index in [1.807, 2.05) is 31.2 Å². The molecule has 0 aliphatic carbocycles. The smallest absolute Gasteiger partial charge is 0.0563 e. The van der Waals surface area contributed by atoms with E-state index in [1.165, 1.54) is 5.56 Å². The molecule has 0 amide bonds. The van der Waals surface area contributed by atoms with Crippen LogP contribution in [0.5, 0.6) is 0 Å². The van der Waals surface area contributed by atoms with E-state index in [9.17, 15) is 0 Å². The Hall–Kier alpha value is 0.130. The highest BCUT2D eigenvalue weighted by atomic mass is 79.9. The Bertz CT molecular complexity index is 628. The number of nitrogens with two attached hydrogens (primary N) is 1. The molecule has 5 heteroatoms. The summed E-state index contributed by atoms with van der Waals surface area (Å²) in [5.41, 5.74) is 9.55. The standard InChI is InChI=1S/C14H11Br3ClN/c1-7-4-11(16)9(6-10(7)15)14(19)8-2-3-13(18)12(17)5-8/h2-6,14H,19H2,1H3. The average Bonchev–Trinajstić information content (AvgIpc) is 2.36. The van der Waals surface area contributed by atoms with E-state index >= 15 is 0 Å². The molecule has 1 unspecified atom stereocenters. The first kappa shape index (κ1) is 15.5. The summed E-state index contributed by atoms with van der Waals surface area (Å²) in [6.07, 6.45) is 0. The SMILES string of the molecule is Cc1cc(Br)c(C(N)c2ccc(Cl)c(Br)c2)cc1Br. The second-order valence-electron chi connectivity index (χ2n) is 4.27. The van der Waals surface area contributed by atoms with Crippen molar-refractivity contribution in [3.63, 3.8) is 0 Å². The van der Waals surface area contributed by atoms with E-state index < -0.39 is 0 Å². The summed E-state index contributed by atoms with van der Waals surface area (Å²) in [6.45, 7) is 2.04. The molecule has 2 aromatic carbocycles. The van der Waals surface area contributed by atoms with Gasteiger partial charge in [-0.05, 0) is 63.8 Å². The Kier molecular flexibility index (Phi) is 5.12. The van der Waals surface area contributed by atoms with Gasteiger partial charge in [-0.1, -0.05) is 49.5 Å². The third-order valence-electron chi connectivity index (χ3n) is 2.92. The predicted octanol–water partition coefficient (Wildman–Crippen LogP) is 5.98. The fourth-order valence-electron chi connectivity index (χ4n) is 1.79. The number of aryl methyl sites for hydroxylation is 1. The van der Waals surface area contributed by atoms with Gasteiger partial charge >= 0.3 is 0 Å². The molecule has 19 heavy (non-hydrogen) atoms. The monoisotopic (exact) mass is 465 g/mol. The van der Waals surface area contributed by atoms with Gasteiger partial charge in [0.05, 0.1) is 11.1 Å². The molecular weight excluding hydrogens is 457 g/mol. The zero-order chi connectivity index (χ0) is 14.2. The number of hydrogen-bond acceptors (Lipinski definition) is 1. The normalized spacial score (nSPS) is 12.5. The summed E-state index contributed by atoms with van der Waals surface area (Å²) >= 11 is 16.5. The third-order valence-corrected chi connectivity index (χ3v) is 5.67. The van der Waals surface area contributed by atoms with Crippen molar-refractivity contribution in [2.75, 3.05) is 0 Å². The molecule has 0 heterocycles. The molecular formula is C14H11Br3ClN. The van der Waals surface area contributed by atoms with Crippen LogP contribution < -0.4 is 5.73 Å². The summed E-state index contributed by atoms with van der Waals surface area (Å²) in [4.78, 5) is 0. The zero-order valence-corrected chi connectivity index (χ0v) is 15.6. The number of benzene rings is 2. The lowest BCUT2D eigenvalue weighted by Crippen LogP contribution is -2.12. The van der Waals surface area contributed by atoms with E-state index in [4.69, 9.17) is 17.3 Å². The first-order valence-electron chi connectivity index (χ1n) is 5.56. The molecule has 2 rings (SSSR count). The molecule has 1 atom stereocenters. The Labute approximate surface area is 142 Å². The Morgan fingerprint density at radius 1 is 1.00 bits per heavy atom.